The monoisotopic (exact) mass is 517 g/mol. The van der Waals surface area contributed by atoms with Crippen molar-refractivity contribution >= 4 is 26.0 Å². The zero-order chi connectivity index (χ0) is 25.5. The van der Waals surface area contributed by atoms with Crippen LogP contribution in [0.3, 0.4) is 0 Å². The molecule has 0 saturated heterocycles. The van der Waals surface area contributed by atoms with Gasteiger partial charge in [-0.15, -0.1) is 0 Å². The van der Waals surface area contributed by atoms with E-state index in [0.29, 0.717) is 12.2 Å². The topological polar surface area (TPSA) is 117 Å². The highest BCUT2D eigenvalue weighted by Gasteiger charge is 2.46. The molecular formula is C15H21F6N3O6S2. The Morgan fingerprint density at radius 2 is 1.56 bits per heavy atom. The van der Waals surface area contributed by atoms with E-state index in [-0.39, 0.29) is 5.97 Å². The largest absolute Gasteiger partial charge is 0.480 e. The summed E-state index contributed by atoms with van der Waals surface area (Å²) in [6.07, 6.45) is 5.98. The van der Waals surface area contributed by atoms with E-state index < -0.39 is 31.1 Å². The molecule has 0 aliphatic heterocycles. The minimum absolute atomic E-state index is 0.298. The molecule has 0 radical (unpaired) electrons. The van der Waals surface area contributed by atoms with Crippen molar-refractivity contribution in [1.29, 1.82) is 0 Å². The molecule has 0 spiro atoms. The number of sulfonamides is 2. The molecule has 1 aromatic heterocycles. The molecule has 1 heterocycles. The van der Waals surface area contributed by atoms with Crippen molar-refractivity contribution in [3.05, 3.63) is 34.5 Å². The standard InChI is InChI=1S/C13H21N2O2.C2F6NO4S2/c1-11(2)13(16)17-10-6-5-7-15-9-8-14(4)12(15)3;3-1(4,5)14(10,11)9-15(12,13)2(6,7)8/h8-9H,1,5-7,10H2,2-4H3;/q+1;-1. The third kappa shape index (κ3) is 9.15. The smallest absolute Gasteiger partial charge is 0.462 e. The zero-order valence-corrected chi connectivity index (χ0v) is 18.7. The van der Waals surface area contributed by atoms with E-state index >= 15 is 0 Å². The van der Waals surface area contributed by atoms with E-state index in [4.69, 9.17) is 4.74 Å². The number of halogens is 6. The number of unbranched alkanes of at least 4 members (excludes halogenated alkanes) is 1. The Bertz CT molecular complexity index is 971. The van der Waals surface area contributed by atoms with Gasteiger partial charge in [-0.05, 0) is 19.8 Å². The lowest BCUT2D eigenvalue weighted by atomic mass is 10.3. The molecule has 0 atom stereocenters. The van der Waals surface area contributed by atoms with Gasteiger partial charge in [0, 0.05) is 12.5 Å². The second-order valence-electron chi connectivity index (χ2n) is 6.19. The summed E-state index contributed by atoms with van der Waals surface area (Å²) < 4.78 is 118. The van der Waals surface area contributed by atoms with Gasteiger partial charge >= 0.3 is 17.0 Å². The number of hydrogen-bond donors (Lipinski definition) is 0. The quantitative estimate of drug-likeness (QED) is 0.172. The lowest BCUT2D eigenvalue weighted by molar-refractivity contribution is -0.677. The first-order valence-corrected chi connectivity index (χ1v) is 11.3. The van der Waals surface area contributed by atoms with Gasteiger partial charge in [-0.25, -0.2) is 30.8 Å². The molecule has 0 saturated carbocycles. The van der Waals surface area contributed by atoms with Crippen molar-refractivity contribution in [2.24, 2.45) is 7.05 Å². The highest BCUT2D eigenvalue weighted by atomic mass is 32.3. The molecule has 0 N–H and O–H groups in total. The molecule has 0 bridgehead atoms. The molecule has 1 rings (SSSR count). The van der Waals surface area contributed by atoms with Crippen LogP contribution in [-0.4, -0.2) is 45.0 Å². The van der Waals surface area contributed by atoms with Crippen LogP contribution >= 0.6 is 0 Å². The van der Waals surface area contributed by atoms with Gasteiger partial charge < -0.3 is 8.86 Å². The van der Waals surface area contributed by atoms with Crippen LogP contribution in [0.2, 0.25) is 0 Å². The minimum Gasteiger partial charge on any atom is -0.462 e. The number of carbonyl (C=O) groups excluding carboxylic acids is 1. The number of hydrogen-bond acceptors (Lipinski definition) is 6. The Morgan fingerprint density at radius 3 is 1.91 bits per heavy atom. The van der Waals surface area contributed by atoms with Gasteiger partial charge in [-0.2, -0.15) is 26.3 Å². The number of rotatable bonds is 8. The molecule has 0 aliphatic rings. The molecule has 0 aromatic carbocycles. The van der Waals surface area contributed by atoms with Crippen molar-refractivity contribution in [2.45, 2.75) is 44.3 Å². The van der Waals surface area contributed by atoms with Crippen LogP contribution < -0.4 is 4.57 Å². The number of aromatic nitrogens is 2. The molecule has 1 aromatic rings. The number of alkyl halides is 6. The molecule has 0 fully saturated rings. The fraction of sp³-hybridized carbons (Fsp3) is 0.600. The summed E-state index contributed by atoms with van der Waals surface area (Å²) in [4.78, 5) is 11.1. The SMILES string of the molecule is C=C(C)C(=O)OCCCCn1cc[n+](C)c1C.O=S(=O)([N-]S(=O)(=O)C(F)(F)F)C(F)(F)F. The van der Waals surface area contributed by atoms with Crippen molar-refractivity contribution < 1.29 is 57.3 Å². The van der Waals surface area contributed by atoms with Gasteiger partial charge in [-0.3, -0.25) is 0 Å². The van der Waals surface area contributed by atoms with Gasteiger partial charge in [0.05, 0.1) is 20.2 Å². The second kappa shape index (κ2) is 11.1. The van der Waals surface area contributed by atoms with Crippen LogP contribution in [0.15, 0.2) is 24.5 Å². The Balaban J connectivity index is 0.000000607. The van der Waals surface area contributed by atoms with E-state index in [1.54, 1.807) is 6.92 Å². The molecular weight excluding hydrogens is 496 g/mol. The molecule has 0 unspecified atom stereocenters. The maximum Gasteiger partial charge on any atom is 0.480 e. The molecule has 186 valence electrons. The van der Waals surface area contributed by atoms with Crippen LogP contribution in [0.4, 0.5) is 26.3 Å². The Morgan fingerprint density at radius 1 is 1.09 bits per heavy atom. The summed E-state index contributed by atoms with van der Waals surface area (Å²) in [6.45, 7) is 8.70. The fourth-order valence-corrected chi connectivity index (χ4v) is 3.43. The Kier molecular flexibility index (Phi) is 10.4. The van der Waals surface area contributed by atoms with Gasteiger partial charge in [0.1, 0.15) is 12.4 Å². The molecule has 0 aliphatic carbocycles. The van der Waals surface area contributed by atoms with Gasteiger partial charge in [-0.1, -0.05) is 6.58 Å². The summed E-state index contributed by atoms with van der Waals surface area (Å²) in [5.41, 5.74) is -11.9. The van der Waals surface area contributed by atoms with E-state index in [2.05, 4.69) is 28.8 Å². The number of aryl methyl sites for hydroxylation is 2. The maximum absolute atomic E-state index is 11.4. The predicted molar refractivity (Wildman–Crippen MR) is 98.7 cm³/mol. The maximum atomic E-state index is 11.4. The Hall–Kier alpha value is -2.14. The summed E-state index contributed by atoms with van der Waals surface area (Å²) in [6, 6.07) is 0. The summed E-state index contributed by atoms with van der Waals surface area (Å²) in [5.74, 6) is 0.928. The predicted octanol–water partition coefficient (Wildman–Crippen LogP) is 2.58. The second-order valence-corrected chi connectivity index (χ2v) is 9.61. The van der Waals surface area contributed by atoms with Crippen molar-refractivity contribution in [3.63, 3.8) is 0 Å². The van der Waals surface area contributed by atoms with Crippen molar-refractivity contribution in [1.82, 2.24) is 4.57 Å². The van der Waals surface area contributed by atoms with Crippen molar-refractivity contribution in [2.75, 3.05) is 6.61 Å². The summed E-state index contributed by atoms with van der Waals surface area (Å²) in [5, 5.41) is 0. The van der Waals surface area contributed by atoms with E-state index in [1.807, 2.05) is 13.2 Å². The Labute approximate surface area is 180 Å². The lowest BCUT2D eigenvalue weighted by Crippen LogP contribution is -2.30. The van der Waals surface area contributed by atoms with Crippen LogP contribution in [0.1, 0.15) is 25.6 Å². The highest BCUT2D eigenvalue weighted by molar-refractivity contribution is 8.13. The first-order chi connectivity index (χ1) is 14.2. The molecule has 17 heteroatoms. The lowest BCUT2D eigenvalue weighted by Gasteiger charge is -2.22. The average Bonchev–Trinajstić information content (AvgIpc) is 2.91. The first kappa shape index (κ1) is 29.9. The van der Waals surface area contributed by atoms with Crippen molar-refractivity contribution in [3.8, 4) is 0 Å². The normalized spacial score (nSPS) is 12.7. The number of carbonyl (C=O) groups is 1. The summed E-state index contributed by atoms with van der Waals surface area (Å²) in [7, 11) is -11.4. The van der Waals surface area contributed by atoms with Gasteiger partial charge in [0.25, 0.3) is 5.82 Å². The number of esters is 1. The highest BCUT2D eigenvalue weighted by Crippen LogP contribution is 2.36. The van der Waals surface area contributed by atoms with Crippen LogP contribution in [-0.2, 0) is 43.2 Å². The van der Waals surface area contributed by atoms with E-state index in [9.17, 15) is 48.0 Å². The van der Waals surface area contributed by atoms with Crippen LogP contribution in [0.5, 0.6) is 0 Å². The van der Waals surface area contributed by atoms with Crippen LogP contribution in [0, 0.1) is 6.92 Å². The molecule has 0 amide bonds. The average molecular weight is 517 g/mol. The molecule has 32 heavy (non-hydrogen) atoms. The molecule has 9 nitrogen and oxygen atoms in total. The number of nitrogens with zero attached hydrogens (tertiary/aromatic N) is 3. The number of imidazole rings is 1. The minimum atomic E-state index is -6.72. The van der Waals surface area contributed by atoms with Gasteiger partial charge in [0.15, 0.2) is 20.0 Å². The fourth-order valence-electron chi connectivity index (χ4n) is 1.72. The number of ether oxygens (including phenoxy) is 1. The zero-order valence-electron chi connectivity index (χ0n) is 17.1. The summed E-state index contributed by atoms with van der Waals surface area (Å²) >= 11 is 0. The first-order valence-electron chi connectivity index (χ1n) is 8.43. The third-order valence-electron chi connectivity index (χ3n) is 3.55. The van der Waals surface area contributed by atoms with Crippen LogP contribution in [0.25, 0.3) is 4.13 Å². The third-order valence-corrected chi connectivity index (χ3v) is 6.29. The van der Waals surface area contributed by atoms with Gasteiger partial charge in [0.2, 0.25) is 0 Å². The van der Waals surface area contributed by atoms with E-state index in [0.717, 1.165) is 23.5 Å². The van der Waals surface area contributed by atoms with E-state index in [1.165, 1.54) is 5.82 Å².